The van der Waals surface area contributed by atoms with Gasteiger partial charge in [0.25, 0.3) is 0 Å². The average Bonchev–Trinajstić information content (AvgIpc) is 2.89. The summed E-state index contributed by atoms with van der Waals surface area (Å²) in [5, 5.41) is 11.0. The lowest BCUT2D eigenvalue weighted by Crippen LogP contribution is -2.43. The lowest BCUT2D eigenvalue weighted by atomic mass is 9.79. The number of esters is 1. The number of rotatable bonds is 2. The molecule has 1 saturated heterocycles. The van der Waals surface area contributed by atoms with Crippen molar-refractivity contribution in [2.24, 2.45) is 23.7 Å². The number of carbonyl (C=O) groups is 2. The Morgan fingerprint density at radius 2 is 2.35 bits per heavy atom. The molecule has 90 valence electrons. The summed E-state index contributed by atoms with van der Waals surface area (Å²) in [6.45, 7) is 0.00380. The predicted octanol–water partition coefficient (Wildman–Crippen LogP) is 0.237. The molecule has 3 fully saturated rings. The van der Waals surface area contributed by atoms with Crippen LogP contribution in [-0.4, -0.2) is 28.4 Å². The zero-order valence-electron chi connectivity index (χ0n) is 8.93. The lowest BCUT2D eigenvalue weighted by Gasteiger charge is -2.27. The first-order valence-electron chi connectivity index (χ1n) is 5.64. The van der Waals surface area contributed by atoms with Crippen LogP contribution in [0.5, 0.6) is 0 Å². The Labute approximate surface area is 112 Å². The summed E-state index contributed by atoms with van der Waals surface area (Å²) in [6.07, 6.45) is 0.914. The lowest BCUT2D eigenvalue weighted by molar-refractivity contribution is -0.145. The average molecular weight is 346 g/mol. The largest absolute Gasteiger partial charge is 0.461 e. The van der Waals surface area contributed by atoms with Crippen molar-refractivity contribution in [2.45, 2.75) is 16.4 Å². The second kappa shape index (κ2) is 3.83. The van der Waals surface area contributed by atoms with E-state index in [4.69, 9.17) is 10.00 Å². The second-order valence-electron chi connectivity index (χ2n) is 4.84. The summed E-state index contributed by atoms with van der Waals surface area (Å²) in [7, 11) is 0. The number of amides is 1. The van der Waals surface area contributed by atoms with Crippen LogP contribution < -0.4 is 5.32 Å². The van der Waals surface area contributed by atoms with Gasteiger partial charge in [0.2, 0.25) is 5.91 Å². The summed E-state index contributed by atoms with van der Waals surface area (Å²) in [4.78, 5) is 23.8. The van der Waals surface area contributed by atoms with Gasteiger partial charge in [0, 0.05) is 5.92 Å². The number of halogens is 1. The number of nitriles is 1. The standard InChI is InChI=1S/C11H11IN2O3/c12-8-4-3-5-7(11(16)17-9(5)8)6(4)10(15)14-2-1-13/h4-9H,2-3H2,(H,14,15)/t4-,5+,6+,7+,8-,9-/m0/s1. The van der Waals surface area contributed by atoms with E-state index in [0.29, 0.717) is 0 Å². The molecule has 0 unspecified atom stereocenters. The van der Waals surface area contributed by atoms with Crippen LogP contribution in [0.1, 0.15) is 6.42 Å². The van der Waals surface area contributed by atoms with Crippen molar-refractivity contribution < 1.29 is 14.3 Å². The van der Waals surface area contributed by atoms with Gasteiger partial charge in [0.05, 0.1) is 21.8 Å². The Kier molecular flexibility index (Phi) is 2.54. The third-order valence-electron chi connectivity index (χ3n) is 4.17. The molecule has 0 spiro atoms. The van der Waals surface area contributed by atoms with Gasteiger partial charge in [0.15, 0.2) is 0 Å². The SMILES string of the molecule is N#CCNC(=O)[C@@H]1[C@@H]2C[C@H]3[C@H](OC(=O)[C@H]31)[C@H]2I. The van der Waals surface area contributed by atoms with E-state index in [-0.39, 0.29) is 52.1 Å². The quantitative estimate of drug-likeness (QED) is 0.336. The van der Waals surface area contributed by atoms with Crippen LogP contribution in [0.25, 0.3) is 0 Å². The number of hydrogen-bond donors (Lipinski definition) is 1. The van der Waals surface area contributed by atoms with E-state index in [1.165, 1.54) is 0 Å². The van der Waals surface area contributed by atoms with Gasteiger partial charge in [-0.15, -0.1) is 0 Å². The molecule has 2 aliphatic carbocycles. The molecule has 1 aliphatic heterocycles. The number of fused-ring (bicyclic) bond motifs is 1. The number of carbonyl (C=O) groups excluding carboxylic acids is 2. The summed E-state index contributed by atoms with van der Waals surface area (Å²) < 4.78 is 5.58. The van der Waals surface area contributed by atoms with Gasteiger partial charge in [-0.05, 0) is 12.3 Å². The van der Waals surface area contributed by atoms with Crippen LogP contribution >= 0.6 is 22.6 Å². The Morgan fingerprint density at radius 1 is 1.59 bits per heavy atom. The van der Waals surface area contributed by atoms with Crippen molar-refractivity contribution in [3.8, 4) is 6.07 Å². The molecule has 5 nitrogen and oxygen atoms in total. The summed E-state index contributed by atoms with van der Waals surface area (Å²) in [6, 6.07) is 1.88. The molecule has 0 aromatic carbocycles. The van der Waals surface area contributed by atoms with Crippen LogP contribution in [0.2, 0.25) is 0 Å². The Hall–Kier alpha value is -0.840. The fourth-order valence-corrected chi connectivity index (χ4v) is 5.00. The molecule has 1 amide bonds. The van der Waals surface area contributed by atoms with E-state index in [0.717, 1.165) is 6.42 Å². The highest BCUT2D eigenvalue weighted by Crippen LogP contribution is 2.59. The van der Waals surface area contributed by atoms with Gasteiger partial charge in [-0.2, -0.15) is 5.26 Å². The number of alkyl halides is 1. The van der Waals surface area contributed by atoms with Crippen molar-refractivity contribution in [2.75, 3.05) is 6.54 Å². The fraction of sp³-hybridized carbons (Fsp3) is 0.727. The van der Waals surface area contributed by atoms with Crippen LogP contribution in [-0.2, 0) is 14.3 Å². The van der Waals surface area contributed by atoms with Gasteiger partial charge < -0.3 is 10.1 Å². The minimum Gasteiger partial charge on any atom is -0.461 e. The highest BCUT2D eigenvalue weighted by atomic mass is 127. The Bertz CT molecular complexity index is 433. The van der Waals surface area contributed by atoms with E-state index in [2.05, 4.69) is 27.9 Å². The maximum Gasteiger partial charge on any atom is 0.310 e. The van der Waals surface area contributed by atoms with E-state index in [1.54, 1.807) is 0 Å². The minimum absolute atomic E-state index is 0.00380. The molecule has 0 aromatic heterocycles. The van der Waals surface area contributed by atoms with Crippen LogP contribution in [0.3, 0.4) is 0 Å². The maximum atomic E-state index is 12.0. The molecule has 17 heavy (non-hydrogen) atoms. The molecule has 1 N–H and O–H groups in total. The van der Waals surface area contributed by atoms with Gasteiger partial charge in [-0.3, -0.25) is 9.59 Å². The molecule has 2 saturated carbocycles. The highest BCUT2D eigenvalue weighted by molar-refractivity contribution is 14.1. The number of hydrogen-bond acceptors (Lipinski definition) is 4. The van der Waals surface area contributed by atoms with Crippen LogP contribution in [0, 0.1) is 35.0 Å². The Morgan fingerprint density at radius 3 is 3.06 bits per heavy atom. The van der Waals surface area contributed by atoms with E-state index in [1.807, 2.05) is 6.07 Å². The highest BCUT2D eigenvalue weighted by Gasteiger charge is 2.67. The van der Waals surface area contributed by atoms with Crippen LogP contribution in [0.15, 0.2) is 0 Å². The summed E-state index contributed by atoms with van der Waals surface area (Å²) >= 11 is 2.29. The predicted molar refractivity (Wildman–Crippen MR) is 64.9 cm³/mol. The van der Waals surface area contributed by atoms with Crippen molar-refractivity contribution in [1.29, 1.82) is 5.26 Å². The van der Waals surface area contributed by atoms with Crippen molar-refractivity contribution in [1.82, 2.24) is 5.32 Å². The van der Waals surface area contributed by atoms with Gasteiger partial charge >= 0.3 is 5.97 Å². The maximum absolute atomic E-state index is 12.0. The number of ether oxygens (including phenoxy) is 1. The van der Waals surface area contributed by atoms with Gasteiger partial charge in [-0.25, -0.2) is 0 Å². The van der Waals surface area contributed by atoms with Crippen LogP contribution in [0.4, 0.5) is 0 Å². The molecule has 3 rings (SSSR count). The topological polar surface area (TPSA) is 79.2 Å². The van der Waals surface area contributed by atoms with Crippen molar-refractivity contribution in [3.63, 3.8) is 0 Å². The molecule has 3 aliphatic rings. The summed E-state index contributed by atoms with van der Waals surface area (Å²) in [5.41, 5.74) is 0. The first-order chi connectivity index (χ1) is 8.15. The smallest absolute Gasteiger partial charge is 0.310 e. The van der Waals surface area contributed by atoms with Crippen molar-refractivity contribution in [3.05, 3.63) is 0 Å². The van der Waals surface area contributed by atoms with Gasteiger partial charge in [0.1, 0.15) is 12.6 Å². The number of nitrogens with one attached hydrogen (secondary N) is 1. The first kappa shape index (κ1) is 11.3. The van der Waals surface area contributed by atoms with E-state index >= 15 is 0 Å². The molecule has 6 atom stereocenters. The molecular weight excluding hydrogens is 335 g/mol. The van der Waals surface area contributed by atoms with E-state index < -0.39 is 0 Å². The minimum atomic E-state index is -0.290. The van der Waals surface area contributed by atoms with Crippen molar-refractivity contribution >= 4 is 34.5 Å². The zero-order valence-corrected chi connectivity index (χ0v) is 11.1. The Balaban J connectivity index is 1.85. The molecule has 0 radical (unpaired) electrons. The van der Waals surface area contributed by atoms with E-state index in [9.17, 15) is 9.59 Å². The number of nitrogens with zero attached hydrogens (tertiary/aromatic N) is 1. The third-order valence-corrected chi connectivity index (χ3v) is 5.80. The molecular formula is C11H11IN2O3. The normalized spacial score (nSPS) is 45.5. The molecule has 6 heteroatoms. The zero-order chi connectivity index (χ0) is 12.2. The monoisotopic (exact) mass is 346 g/mol. The van der Waals surface area contributed by atoms with Gasteiger partial charge in [-0.1, -0.05) is 22.6 Å². The molecule has 0 aromatic rings. The first-order valence-corrected chi connectivity index (χ1v) is 6.89. The molecule has 1 heterocycles. The molecule has 2 bridgehead atoms. The summed E-state index contributed by atoms with van der Waals surface area (Å²) in [5.74, 6) is -0.508. The second-order valence-corrected chi connectivity index (χ2v) is 6.28. The fourth-order valence-electron chi connectivity index (χ4n) is 3.57. The third kappa shape index (κ3) is 1.41.